The van der Waals surface area contributed by atoms with Gasteiger partial charge < -0.3 is 9.47 Å². The molecule has 4 aromatic rings. The summed E-state index contributed by atoms with van der Waals surface area (Å²) in [5.74, 6) is 1.36. The molecule has 0 spiro atoms. The number of aromatic nitrogens is 3. The average molecular weight is 363 g/mol. The number of hydrogen-bond acceptors (Lipinski definition) is 5. The Morgan fingerprint density at radius 1 is 0.963 bits per heavy atom. The summed E-state index contributed by atoms with van der Waals surface area (Å²) in [7, 11) is 4.76. The zero-order valence-electron chi connectivity index (χ0n) is 15.1. The molecule has 0 amide bonds. The highest BCUT2D eigenvalue weighted by atomic mass is 16.5. The Bertz CT molecular complexity index is 1290. The van der Waals surface area contributed by atoms with Crippen LogP contribution in [0.5, 0.6) is 11.5 Å². The molecule has 0 saturated carbocycles. The topological polar surface area (TPSA) is 86.2 Å². The van der Waals surface area contributed by atoms with Crippen molar-refractivity contribution in [2.24, 2.45) is 7.05 Å². The second kappa shape index (κ2) is 6.28. The van der Waals surface area contributed by atoms with Crippen LogP contribution in [-0.2, 0) is 7.05 Å². The average Bonchev–Trinajstić information content (AvgIpc) is 2.70. The highest BCUT2D eigenvalue weighted by Crippen LogP contribution is 2.35. The lowest BCUT2D eigenvalue weighted by Gasteiger charge is -2.13. The van der Waals surface area contributed by atoms with E-state index in [2.05, 4.69) is 9.97 Å². The van der Waals surface area contributed by atoms with Gasteiger partial charge in [-0.3, -0.25) is 14.3 Å². The standard InChI is InChI=1S/C20H17N3O4/c1-23-18-17(19(24)22-20(23)25)16(11-4-6-12(26-2)7-5-11)14-10-13(27-3)8-9-15(14)21-18/h4-10H,1-3H3,(H,22,24,25). The van der Waals surface area contributed by atoms with Gasteiger partial charge in [0, 0.05) is 18.0 Å². The Labute approximate surface area is 153 Å². The van der Waals surface area contributed by atoms with Gasteiger partial charge >= 0.3 is 5.69 Å². The summed E-state index contributed by atoms with van der Waals surface area (Å²) in [5.41, 5.74) is 1.51. The number of nitrogens with zero attached hydrogens (tertiary/aromatic N) is 2. The van der Waals surface area contributed by atoms with E-state index in [9.17, 15) is 9.59 Å². The van der Waals surface area contributed by atoms with E-state index in [-0.39, 0.29) is 0 Å². The number of fused-ring (bicyclic) bond motifs is 2. The zero-order valence-corrected chi connectivity index (χ0v) is 15.1. The van der Waals surface area contributed by atoms with E-state index in [0.717, 1.165) is 10.9 Å². The molecule has 2 aromatic carbocycles. The van der Waals surface area contributed by atoms with Gasteiger partial charge in [0.2, 0.25) is 0 Å². The maximum atomic E-state index is 12.7. The van der Waals surface area contributed by atoms with Crippen molar-refractivity contribution in [3.63, 3.8) is 0 Å². The van der Waals surface area contributed by atoms with Crippen molar-refractivity contribution in [1.29, 1.82) is 0 Å². The first-order chi connectivity index (χ1) is 13.0. The van der Waals surface area contributed by atoms with Gasteiger partial charge in [-0.15, -0.1) is 0 Å². The molecule has 2 heterocycles. The molecule has 7 heteroatoms. The van der Waals surface area contributed by atoms with E-state index in [1.54, 1.807) is 27.3 Å². The van der Waals surface area contributed by atoms with Crippen LogP contribution >= 0.6 is 0 Å². The fraction of sp³-hybridized carbons (Fsp3) is 0.150. The lowest BCUT2D eigenvalue weighted by atomic mass is 9.97. The monoisotopic (exact) mass is 363 g/mol. The summed E-state index contributed by atoms with van der Waals surface area (Å²) < 4.78 is 11.9. The normalized spacial score (nSPS) is 11.1. The molecule has 0 aliphatic carbocycles. The number of rotatable bonds is 3. The molecule has 0 aliphatic rings. The maximum absolute atomic E-state index is 12.7. The van der Waals surface area contributed by atoms with Crippen LogP contribution in [0.1, 0.15) is 0 Å². The molecule has 1 N–H and O–H groups in total. The third-order valence-corrected chi connectivity index (χ3v) is 4.62. The fourth-order valence-corrected chi connectivity index (χ4v) is 3.21. The molecule has 0 bridgehead atoms. The smallest absolute Gasteiger partial charge is 0.329 e. The predicted octanol–water partition coefficient (Wildman–Crippen LogP) is 2.46. The van der Waals surface area contributed by atoms with E-state index in [1.807, 2.05) is 36.4 Å². The van der Waals surface area contributed by atoms with Crippen molar-refractivity contribution < 1.29 is 9.47 Å². The predicted molar refractivity (Wildman–Crippen MR) is 104 cm³/mol. The number of benzene rings is 2. The molecule has 0 atom stereocenters. The Balaban J connectivity index is 2.23. The summed E-state index contributed by atoms with van der Waals surface area (Å²) in [6, 6.07) is 12.8. The van der Waals surface area contributed by atoms with Crippen molar-refractivity contribution >= 4 is 21.9 Å². The van der Waals surface area contributed by atoms with E-state index in [0.29, 0.717) is 33.6 Å². The van der Waals surface area contributed by atoms with Crippen LogP contribution in [0.4, 0.5) is 0 Å². The first-order valence-electron chi connectivity index (χ1n) is 8.28. The van der Waals surface area contributed by atoms with Crippen molar-refractivity contribution in [3.8, 4) is 22.6 Å². The van der Waals surface area contributed by atoms with E-state index in [1.165, 1.54) is 4.57 Å². The highest BCUT2D eigenvalue weighted by molar-refractivity contribution is 6.08. The molecule has 0 saturated heterocycles. The molecule has 4 rings (SSSR count). The van der Waals surface area contributed by atoms with Crippen LogP contribution < -0.4 is 20.7 Å². The minimum atomic E-state index is -0.506. The Kier molecular flexibility index (Phi) is 3.92. The lowest BCUT2D eigenvalue weighted by Crippen LogP contribution is -2.29. The van der Waals surface area contributed by atoms with Gasteiger partial charge in [0.15, 0.2) is 5.65 Å². The molecule has 136 valence electrons. The molecular formula is C20H17N3O4. The molecule has 0 aliphatic heterocycles. The van der Waals surface area contributed by atoms with Crippen LogP contribution in [-0.4, -0.2) is 28.8 Å². The molecule has 7 nitrogen and oxygen atoms in total. The number of hydrogen-bond donors (Lipinski definition) is 1. The van der Waals surface area contributed by atoms with Crippen molar-refractivity contribution in [2.45, 2.75) is 0 Å². The van der Waals surface area contributed by atoms with Crippen LogP contribution in [0.15, 0.2) is 52.1 Å². The van der Waals surface area contributed by atoms with Crippen LogP contribution in [0.25, 0.3) is 33.1 Å². The number of H-pyrrole nitrogens is 1. The van der Waals surface area contributed by atoms with Gasteiger partial charge in [0.05, 0.1) is 25.1 Å². The third kappa shape index (κ3) is 2.64. The molecule has 27 heavy (non-hydrogen) atoms. The minimum Gasteiger partial charge on any atom is -0.497 e. The fourth-order valence-electron chi connectivity index (χ4n) is 3.21. The van der Waals surface area contributed by atoms with Gasteiger partial charge in [-0.25, -0.2) is 9.78 Å². The van der Waals surface area contributed by atoms with E-state index >= 15 is 0 Å². The summed E-state index contributed by atoms with van der Waals surface area (Å²) >= 11 is 0. The summed E-state index contributed by atoms with van der Waals surface area (Å²) in [5, 5.41) is 1.11. The number of pyridine rings is 1. The van der Waals surface area contributed by atoms with Crippen LogP contribution in [0, 0.1) is 0 Å². The van der Waals surface area contributed by atoms with Gasteiger partial charge in [-0.2, -0.15) is 0 Å². The van der Waals surface area contributed by atoms with Crippen LogP contribution in [0.2, 0.25) is 0 Å². The summed E-state index contributed by atoms with van der Waals surface area (Å²) in [4.78, 5) is 31.7. The van der Waals surface area contributed by atoms with Gasteiger partial charge in [0.1, 0.15) is 11.5 Å². The zero-order chi connectivity index (χ0) is 19.1. The SMILES string of the molecule is COc1ccc(-c2c3cc(OC)ccc3nc3c2c(=O)[nH]c(=O)n3C)cc1. The number of ether oxygens (including phenoxy) is 2. The Morgan fingerprint density at radius 3 is 2.30 bits per heavy atom. The lowest BCUT2D eigenvalue weighted by molar-refractivity contribution is 0.415. The number of nitrogens with one attached hydrogen (secondary N) is 1. The minimum absolute atomic E-state index is 0.326. The van der Waals surface area contributed by atoms with Crippen molar-refractivity contribution in [2.75, 3.05) is 14.2 Å². The van der Waals surface area contributed by atoms with E-state index in [4.69, 9.17) is 9.47 Å². The summed E-state index contributed by atoms with van der Waals surface area (Å²) in [6.07, 6.45) is 0. The second-order valence-electron chi connectivity index (χ2n) is 6.12. The van der Waals surface area contributed by atoms with Crippen molar-refractivity contribution in [1.82, 2.24) is 14.5 Å². The first-order valence-corrected chi connectivity index (χ1v) is 8.28. The highest BCUT2D eigenvalue weighted by Gasteiger charge is 2.17. The maximum Gasteiger partial charge on any atom is 0.329 e. The quantitative estimate of drug-likeness (QED) is 0.565. The third-order valence-electron chi connectivity index (χ3n) is 4.62. The number of methoxy groups -OCH3 is 2. The Hall–Kier alpha value is -3.61. The van der Waals surface area contributed by atoms with Gasteiger partial charge in [-0.05, 0) is 35.9 Å². The second-order valence-corrected chi connectivity index (χ2v) is 6.12. The number of aromatic amines is 1. The van der Waals surface area contributed by atoms with Gasteiger partial charge in [0.25, 0.3) is 5.56 Å². The molecule has 0 radical (unpaired) electrons. The molecule has 0 unspecified atom stereocenters. The first kappa shape index (κ1) is 16.8. The van der Waals surface area contributed by atoms with E-state index < -0.39 is 11.2 Å². The Morgan fingerprint density at radius 2 is 1.63 bits per heavy atom. The largest absolute Gasteiger partial charge is 0.497 e. The molecular weight excluding hydrogens is 346 g/mol. The summed E-state index contributed by atoms with van der Waals surface area (Å²) in [6.45, 7) is 0. The van der Waals surface area contributed by atoms with Crippen molar-refractivity contribution in [3.05, 3.63) is 63.3 Å². The van der Waals surface area contributed by atoms with Gasteiger partial charge in [-0.1, -0.05) is 12.1 Å². The van der Waals surface area contributed by atoms with Crippen LogP contribution in [0.3, 0.4) is 0 Å². The molecule has 2 aromatic heterocycles. The number of aryl methyl sites for hydroxylation is 1. The molecule has 0 fully saturated rings.